The van der Waals surface area contributed by atoms with Gasteiger partial charge in [0.15, 0.2) is 5.13 Å². The number of nitrogens with one attached hydrogen (secondary N) is 2. The Labute approximate surface area is 166 Å². The molecule has 2 heterocycles. The number of nitriles is 1. The molecule has 0 bridgehead atoms. The van der Waals surface area contributed by atoms with Gasteiger partial charge in [-0.2, -0.15) is 5.26 Å². The molecule has 2 N–H and O–H groups in total. The van der Waals surface area contributed by atoms with Gasteiger partial charge in [-0.25, -0.2) is 4.98 Å². The molecule has 142 valence electrons. The summed E-state index contributed by atoms with van der Waals surface area (Å²) in [6.45, 7) is 5.44. The first-order valence-electron chi connectivity index (χ1n) is 8.86. The number of pyridine rings is 1. The van der Waals surface area contributed by atoms with Crippen LogP contribution in [0.25, 0.3) is 10.4 Å². The van der Waals surface area contributed by atoms with Gasteiger partial charge in [-0.3, -0.25) is 9.59 Å². The van der Waals surface area contributed by atoms with Crippen molar-refractivity contribution in [1.82, 2.24) is 9.97 Å². The van der Waals surface area contributed by atoms with Gasteiger partial charge < -0.3 is 10.3 Å². The van der Waals surface area contributed by atoms with Gasteiger partial charge in [0.2, 0.25) is 5.91 Å². The molecule has 3 rings (SSSR count). The molecular formula is C21H20N4O2S. The molecule has 0 radical (unpaired) electrons. The van der Waals surface area contributed by atoms with Crippen molar-refractivity contribution in [3.05, 3.63) is 68.8 Å². The van der Waals surface area contributed by atoms with Crippen LogP contribution in [0.5, 0.6) is 0 Å². The molecule has 7 heteroatoms. The van der Waals surface area contributed by atoms with Crippen LogP contribution in [0.15, 0.2) is 35.1 Å². The number of thiazole rings is 1. The highest BCUT2D eigenvalue weighted by Gasteiger charge is 2.15. The van der Waals surface area contributed by atoms with Gasteiger partial charge in [-0.1, -0.05) is 41.7 Å². The van der Waals surface area contributed by atoms with Gasteiger partial charge in [0.25, 0.3) is 5.56 Å². The molecule has 3 aromatic rings. The number of aromatic nitrogens is 2. The maximum Gasteiger partial charge on any atom is 0.266 e. The van der Waals surface area contributed by atoms with Crippen molar-refractivity contribution < 1.29 is 4.79 Å². The average Bonchev–Trinajstić information content (AvgIpc) is 3.02. The fourth-order valence-corrected chi connectivity index (χ4v) is 4.14. The van der Waals surface area contributed by atoms with Crippen LogP contribution in [0.1, 0.15) is 34.5 Å². The molecule has 0 aliphatic heterocycles. The zero-order chi connectivity index (χ0) is 20.3. The smallest absolute Gasteiger partial charge is 0.266 e. The third-order valence-electron chi connectivity index (χ3n) is 4.60. The van der Waals surface area contributed by atoms with Crippen LogP contribution in [0, 0.1) is 32.1 Å². The van der Waals surface area contributed by atoms with Gasteiger partial charge >= 0.3 is 0 Å². The molecule has 2 aromatic heterocycles. The summed E-state index contributed by atoms with van der Waals surface area (Å²) in [5.74, 6) is -0.156. The van der Waals surface area contributed by atoms with Crippen LogP contribution in [-0.4, -0.2) is 15.9 Å². The van der Waals surface area contributed by atoms with Crippen LogP contribution in [-0.2, 0) is 11.2 Å². The van der Waals surface area contributed by atoms with Crippen LogP contribution in [0.4, 0.5) is 5.13 Å². The summed E-state index contributed by atoms with van der Waals surface area (Å²) in [6, 6.07) is 11.9. The number of hydrogen-bond donors (Lipinski definition) is 2. The SMILES string of the molecule is Cc1nc(NC(=O)CCc2c(C)[nH]c(=O)c(C#N)c2C)sc1-c1ccccc1. The van der Waals surface area contributed by atoms with Crippen molar-refractivity contribution >= 4 is 22.4 Å². The number of carbonyl (C=O) groups is 1. The number of hydrogen-bond acceptors (Lipinski definition) is 5. The van der Waals surface area contributed by atoms with Crippen LogP contribution in [0.2, 0.25) is 0 Å². The number of H-pyrrole nitrogens is 1. The highest BCUT2D eigenvalue weighted by atomic mass is 32.1. The van der Waals surface area contributed by atoms with Crippen LogP contribution in [0.3, 0.4) is 0 Å². The lowest BCUT2D eigenvalue weighted by Crippen LogP contribution is -2.18. The predicted octanol–water partition coefficient (Wildman–Crippen LogP) is 3.87. The number of nitrogens with zero attached hydrogens (tertiary/aromatic N) is 2. The quantitative estimate of drug-likeness (QED) is 0.688. The van der Waals surface area contributed by atoms with Crippen molar-refractivity contribution in [1.29, 1.82) is 5.26 Å². The number of aromatic amines is 1. The maximum atomic E-state index is 12.4. The normalized spacial score (nSPS) is 10.5. The summed E-state index contributed by atoms with van der Waals surface area (Å²) in [5, 5.41) is 12.6. The second-order valence-electron chi connectivity index (χ2n) is 6.52. The lowest BCUT2D eigenvalue weighted by atomic mass is 9.99. The highest BCUT2D eigenvalue weighted by molar-refractivity contribution is 7.19. The molecule has 0 spiro atoms. The minimum atomic E-state index is -0.391. The Morgan fingerprint density at radius 2 is 1.96 bits per heavy atom. The first kappa shape index (κ1) is 19.5. The van der Waals surface area contributed by atoms with Gasteiger partial charge in [0.1, 0.15) is 11.6 Å². The molecule has 0 atom stereocenters. The van der Waals surface area contributed by atoms with Gasteiger partial charge in [-0.15, -0.1) is 0 Å². The van der Waals surface area contributed by atoms with Gasteiger partial charge in [-0.05, 0) is 43.9 Å². The third kappa shape index (κ3) is 4.02. The lowest BCUT2D eigenvalue weighted by molar-refractivity contribution is -0.116. The van der Waals surface area contributed by atoms with E-state index in [1.165, 1.54) is 11.3 Å². The topological polar surface area (TPSA) is 98.6 Å². The second-order valence-corrected chi connectivity index (χ2v) is 7.52. The first-order valence-corrected chi connectivity index (χ1v) is 9.67. The molecule has 0 aliphatic rings. The Balaban J connectivity index is 1.71. The second kappa shape index (κ2) is 8.19. The molecule has 1 aromatic carbocycles. The molecule has 1 amide bonds. The fraction of sp³-hybridized carbons (Fsp3) is 0.238. The van der Waals surface area contributed by atoms with Crippen molar-refractivity contribution in [2.24, 2.45) is 0 Å². The maximum absolute atomic E-state index is 12.4. The van der Waals surface area contributed by atoms with E-state index in [9.17, 15) is 9.59 Å². The van der Waals surface area contributed by atoms with Crippen molar-refractivity contribution in [3.8, 4) is 16.5 Å². The summed E-state index contributed by atoms with van der Waals surface area (Å²) in [7, 11) is 0. The monoisotopic (exact) mass is 392 g/mol. The number of carbonyl (C=O) groups excluding carboxylic acids is 1. The van der Waals surface area contributed by atoms with E-state index in [0.717, 1.165) is 21.7 Å². The number of anilines is 1. The largest absolute Gasteiger partial charge is 0.325 e. The minimum Gasteiger partial charge on any atom is -0.325 e. The summed E-state index contributed by atoms with van der Waals surface area (Å²) < 4.78 is 0. The zero-order valence-electron chi connectivity index (χ0n) is 15.9. The molecule has 0 saturated carbocycles. The van der Waals surface area contributed by atoms with Crippen molar-refractivity contribution in [3.63, 3.8) is 0 Å². The Hall–Kier alpha value is -3.24. The van der Waals surface area contributed by atoms with E-state index in [1.807, 2.05) is 43.3 Å². The van der Waals surface area contributed by atoms with Crippen LogP contribution >= 0.6 is 11.3 Å². The summed E-state index contributed by atoms with van der Waals surface area (Å²) in [6.07, 6.45) is 0.669. The molecule has 28 heavy (non-hydrogen) atoms. The number of aryl methyl sites for hydroxylation is 2. The minimum absolute atomic E-state index is 0.101. The molecular weight excluding hydrogens is 372 g/mol. The summed E-state index contributed by atoms with van der Waals surface area (Å²) in [4.78, 5) is 32.4. The van der Waals surface area contributed by atoms with Gasteiger partial charge in [0.05, 0.1) is 10.6 Å². The van der Waals surface area contributed by atoms with E-state index >= 15 is 0 Å². The lowest BCUT2D eigenvalue weighted by Gasteiger charge is -2.10. The summed E-state index contributed by atoms with van der Waals surface area (Å²) >= 11 is 1.44. The molecule has 0 unspecified atom stereocenters. The van der Waals surface area contributed by atoms with E-state index in [2.05, 4.69) is 15.3 Å². The van der Waals surface area contributed by atoms with E-state index in [1.54, 1.807) is 13.8 Å². The van der Waals surface area contributed by atoms with E-state index in [4.69, 9.17) is 5.26 Å². The number of amides is 1. The molecule has 0 fully saturated rings. The van der Waals surface area contributed by atoms with E-state index in [-0.39, 0.29) is 17.9 Å². The number of rotatable bonds is 5. The van der Waals surface area contributed by atoms with Crippen molar-refractivity contribution in [2.75, 3.05) is 5.32 Å². The predicted molar refractivity (Wildman–Crippen MR) is 110 cm³/mol. The Morgan fingerprint density at radius 1 is 1.25 bits per heavy atom. The molecule has 0 saturated heterocycles. The van der Waals surface area contributed by atoms with Crippen LogP contribution < -0.4 is 10.9 Å². The Morgan fingerprint density at radius 3 is 2.64 bits per heavy atom. The first-order chi connectivity index (χ1) is 13.4. The average molecular weight is 392 g/mol. The Bertz CT molecular complexity index is 1120. The molecule has 6 nitrogen and oxygen atoms in total. The summed E-state index contributed by atoms with van der Waals surface area (Å²) in [5.41, 5.74) is 3.80. The third-order valence-corrected chi connectivity index (χ3v) is 5.72. The Kier molecular flexibility index (Phi) is 5.71. The van der Waals surface area contributed by atoms with E-state index in [0.29, 0.717) is 22.8 Å². The fourth-order valence-electron chi connectivity index (χ4n) is 3.15. The molecule has 0 aliphatic carbocycles. The van der Waals surface area contributed by atoms with E-state index < -0.39 is 5.56 Å². The zero-order valence-corrected chi connectivity index (χ0v) is 16.7. The van der Waals surface area contributed by atoms with Crippen molar-refractivity contribution in [2.45, 2.75) is 33.6 Å². The number of benzene rings is 1. The standard InChI is InChI=1S/C21H20N4O2S/c1-12-16(13(2)23-20(27)17(12)11-22)9-10-18(26)25-21-24-14(3)19(28-21)15-7-5-4-6-8-15/h4-8H,9-10H2,1-3H3,(H,23,27)(H,24,25,26). The highest BCUT2D eigenvalue weighted by Crippen LogP contribution is 2.32. The van der Waals surface area contributed by atoms with Gasteiger partial charge in [0, 0.05) is 12.1 Å².